The molecule has 0 aliphatic rings. The zero-order chi connectivity index (χ0) is 18.7. The second kappa shape index (κ2) is 7.45. The van der Waals surface area contributed by atoms with Crippen molar-refractivity contribution < 1.29 is 19.4 Å². The van der Waals surface area contributed by atoms with Crippen molar-refractivity contribution in [3.8, 4) is 23.4 Å². The number of benzene rings is 1. The van der Waals surface area contributed by atoms with E-state index in [1.807, 2.05) is 13.0 Å². The van der Waals surface area contributed by atoms with Crippen molar-refractivity contribution in [3.63, 3.8) is 0 Å². The van der Waals surface area contributed by atoms with Gasteiger partial charge in [-0.15, -0.1) is 0 Å². The van der Waals surface area contributed by atoms with E-state index in [-0.39, 0.29) is 11.6 Å². The Morgan fingerprint density at radius 1 is 1.48 bits per heavy atom. The summed E-state index contributed by atoms with van der Waals surface area (Å²) >= 11 is 6.27. The molecule has 8 heteroatoms. The summed E-state index contributed by atoms with van der Waals surface area (Å²) in [5.41, 5.74) is 1.60. The monoisotopic (exact) mass is 363 g/mol. The van der Waals surface area contributed by atoms with Crippen LogP contribution in [-0.4, -0.2) is 27.0 Å². The average Bonchev–Trinajstić information content (AvgIpc) is 2.82. The van der Waals surface area contributed by atoms with Crippen LogP contribution >= 0.6 is 11.6 Å². The van der Waals surface area contributed by atoms with E-state index in [0.717, 1.165) is 5.56 Å². The molecule has 2 aromatic rings. The number of aromatic nitrogens is 2. The molecule has 1 aromatic heterocycles. The van der Waals surface area contributed by atoms with Gasteiger partial charge in [0.1, 0.15) is 17.4 Å². The molecule has 0 aliphatic carbocycles. The number of nitrogens with zero attached hydrogens (tertiary/aromatic N) is 3. The van der Waals surface area contributed by atoms with Crippen LogP contribution in [0.1, 0.15) is 30.7 Å². The lowest BCUT2D eigenvalue weighted by Crippen LogP contribution is -2.23. The Morgan fingerprint density at radius 2 is 2.16 bits per heavy atom. The van der Waals surface area contributed by atoms with E-state index in [1.54, 1.807) is 20.0 Å². The van der Waals surface area contributed by atoms with Crippen molar-refractivity contribution in [2.24, 2.45) is 7.05 Å². The summed E-state index contributed by atoms with van der Waals surface area (Å²) in [4.78, 5) is 11.0. The van der Waals surface area contributed by atoms with E-state index in [4.69, 9.17) is 26.2 Å². The van der Waals surface area contributed by atoms with E-state index in [0.29, 0.717) is 28.5 Å². The largest absolute Gasteiger partial charge is 0.479 e. The molecule has 1 aromatic carbocycles. The van der Waals surface area contributed by atoms with Crippen molar-refractivity contribution in [2.45, 2.75) is 33.3 Å². The third-order valence-electron chi connectivity index (χ3n) is 3.64. The Morgan fingerprint density at radius 3 is 2.72 bits per heavy atom. The second-order valence-electron chi connectivity index (χ2n) is 5.45. The molecular formula is C17H18ClN3O4. The number of carboxylic acids is 1. The van der Waals surface area contributed by atoms with Crippen LogP contribution in [0.3, 0.4) is 0 Å². The lowest BCUT2D eigenvalue weighted by atomic mass is 10.1. The van der Waals surface area contributed by atoms with Gasteiger partial charge in [-0.25, -0.2) is 9.48 Å². The summed E-state index contributed by atoms with van der Waals surface area (Å²) in [6.07, 6.45) is -0.413. The Hall–Kier alpha value is -2.72. The first-order chi connectivity index (χ1) is 11.8. The Kier molecular flexibility index (Phi) is 5.55. The average molecular weight is 364 g/mol. The lowest BCUT2D eigenvalue weighted by molar-refractivity contribution is -0.144. The van der Waals surface area contributed by atoms with Crippen molar-refractivity contribution in [3.05, 3.63) is 34.0 Å². The molecule has 0 unspecified atom stereocenters. The quantitative estimate of drug-likeness (QED) is 0.844. The number of hydrogen-bond acceptors (Lipinski definition) is 5. The number of halogens is 1. The van der Waals surface area contributed by atoms with Crippen LogP contribution < -0.4 is 9.47 Å². The Bertz CT molecular complexity index is 855. The molecule has 1 N–H and O–H groups in total. The van der Waals surface area contributed by atoms with Gasteiger partial charge >= 0.3 is 5.97 Å². The number of rotatable bonds is 6. The van der Waals surface area contributed by atoms with E-state index in [9.17, 15) is 10.1 Å². The van der Waals surface area contributed by atoms with Crippen LogP contribution in [0.25, 0.3) is 0 Å². The third kappa shape index (κ3) is 3.86. The predicted molar refractivity (Wildman–Crippen MR) is 91.3 cm³/mol. The third-order valence-corrected chi connectivity index (χ3v) is 3.93. The fourth-order valence-corrected chi connectivity index (χ4v) is 2.49. The molecule has 25 heavy (non-hydrogen) atoms. The van der Waals surface area contributed by atoms with Gasteiger partial charge in [-0.1, -0.05) is 18.5 Å². The SMILES string of the molecule is CCc1cc(Cl)c(Oc2c(C#N)c(C)nn2C)cc1O[C@@H](C)C(=O)O. The van der Waals surface area contributed by atoms with Crippen molar-refractivity contribution in [2.75, 3.05) is 0 Å². The summed E-state index contributed by atoms with van der Waals surface area (Å²) in [5, 5.41) is 22.8. The number of carbonyl (C=O) groups is 1. The standard InChI is InChI=1S/C17H18ClN3O4/c1-5-11-6-13(18)15(7-14(11)24-10(3)17(22)23)25-16-12(8-19)9(2)20-21(16)4/h6-7,10H,5H2,1-4H3,(H,22,23)/t10-/m0/s1. The molecule has 0 spiro atoms. The molecule has 0 bridgehead atoms. The zero-order valence-corrected chi connectivity index (χ0v) is 15.1. The number of carboxylic acid groups (broad SMARTS) is 1. The van der Waals surface area contributed by atoms with Gasteiger partial charge in [-0.05, 0) is 31.9 Å². The molecule has 0 aliphatic heterocycles. The number of hydrogen-bond donors (Lipinski definition) is 1. The first kappa shape index (κ1) is 18.6. The van der Waals surface area contributed by atoms with Gasteiger partial charge in [0, 0.05) is 13.1 Å². The highest BCUT2D eigenvalue weighted by molar-refractivity contribution is 6.32. The summed E-state index contributed by atoms with van der Waals surface area (Å²) in [7, 11) is 1.65. The molecular weight excluding hydrogens is 346 g/mol. The summed E-state index contributed by atoms with van der Waals surface area (Å²) in [6, 6.07) is 5.24. The molecule has 0 fully saturated rings. The van der Waals surface area contributed by atoms with Crippen LogP contribution in [0.2, 0.25) is 5.02 Å². The normalized spacial score (nSPS) is 11.7. The van der Waals surface area contributed by atoms with Crippen LogP contribution in [0.15, 0.2) is 12.1 Å². The highest BCUT2D eigenvalue weighted by Gasteiger charge is 2.20. The molecule has 0 saturated heterocycles. The fourth-order valence-electron chi connectivity index (χ4n) is 2.27. The first-order valence-electron chi connectivity index (χ1n) is 7.61. The zero-order valence-electron chi connectivity index (χ0n) is 14.3. The van der Waals surface area contributed by atoms with Gasteiger partial charge in [0.25, 0.3) is 0 Å². The number of aliphatic carboxylic acids is 1. The minimum Gasteiger partial charge on any atom is -0.479 e. The molecule has 0 amide bonds. The van der Waals surface area contributed by atoms with E-state index in [2.05, 4.69) is 5.10 Å². The Labute approximate surface area is 150 Å². The molecule has 0 radical (unpaired) electrons. The van der Waals surface area contributed by atoms with Gasteiger partial charge in [-0.3, -0.25) is 0 Å². The van der Waals surface area contributed by atoms with Gasteiger partial charge < -0.3 is 14.6 Å². The summed E-state index contributed by atoms with van der Waals surface area (Å²) < 4.78 is 12.7. The highest BCUT2D eigenvalue weighted by atomic mass is 35.5. The number of nitriles is 1. The van der Waals surface area contributed by atoms with Gasteiger partial charge in [0.2, 0.25) is 5.88 Å². The summed E-state index contributed by atoms with van der Waals surface area (Å²) in [5.74, 6) is -0.197. The van der Waals surface area contributed by atoms with Gasteiger partial charge in [-0.2, -0.15) is 10.4 Å². The maximum absolute atomic E-state index is 11.0. The van der Waals surface area contributed by atoms with Crippen LogP contribution in [-0.2, 0) is 18.3 Å². The van der Waals surface area contributed by atoms with Crippen LogP contribution in [0.4, 0.5) is 0 Å². The maximum Gasteiger partial charge on any atom is 0.344 e. The maximum atomic E-state index is 11.0. The van der Waals surface area contributed by atoms with E-state index in [1.165, 1.54) is 17.7 Å². The smallest absolute Gasteiger partial charge is 0.344 e. The second-order valence-corrected chi connectivity index (χ2v) is 5.85. The topological polar surface area (TPSA) is 97.4 Å². The van der Waals surface area contributed by atoms with E-state index >= 15 is 0 Å². The molecule has 1 atom stereocenters. The van der Waals surface area contributed by atoms with Crippen molar-refractivity contribution in [1.29, 1.82) is 5.26 Å². The minimum absolute atomic E-state index is 0.253. The van der Waals surface area contributed by atoms with Crippen molar-refractivity contribution in [1.82, 2.24) is 9.78 Å². The van der Waals surface area contributed by atoms with Gasteiger partial charge in [0.05, 0.1) is 10.7 Å². The molecule has 1 heterocycles. The van der Waals surface area contributed by atoms with Crippen LogP contribution in [0.5, 0.6) is 17.4 Å². The molecule has 0 saturated carbocycles. The summed E-state index contributed by atoms with van der Waals surface area (Å²) in [6.45, 7) is 5.05. The predicted octanol–water partition coefficient (Wildman–Crippen LogP) is 3.46. The lowest BCUT2D eigenvalue weighted by Gasteiger charge is -2.16. The minimum atomic E-state index is -1.08. The van der Waals surface area contributed by atoms with E-state index < -0.39 is 12.1 Å². The molecule has 7 nitrogen and oxygen atoms in total. The molecule has 132 valence electrons. The highest BCUT2D eigenvalue weighted by Crippen LogP contribution is 2.37. The molecule has 2 rings (SSSR count). The number of aryl methyl sites for hydroxylation is 3. The fraction of sp³-hybridized carbons (Fsp3) is 0.353. The van der Waals surface area contributed by atoms with Crippen molar-refractivity contribution >= 4 is 17.6 Å². The van der Waals surface area contributed by atoms with Gasteiger partial charge in [0.15, 0.2) is 11.9 Å². The van der Waals surface area contributed by atoms with Crippen LogP contribution in [0, 0.1) is 18.3 Å². The first-order valence-corrected chi connectivity index (χ1v) is 7.99. The number of ether oxygens (including phenoxy) is 2. The Balaban J connectivity index is 2.45.